The molecular formula is C38H26. The van der Waals surface area contributed by atoms with Crippen LogP contribution in [-0.4, -0.2) is 0 Å². The molecule has 0 atom stereocenters. The van der Waals surface area contributed by atoms with Crippen molar-refractivity contribution >= 4 is 21.5 Å². The van der Waals surface area contributed by atoms with Gasteiger partial charge in [0.25, 0.3) is 0 Å². The molecule has 0 aromatic heterocycles. The molecule has 0 nitrogen and oxygen atoms in total. The molecule has 7 aromatic rings. The van der Waals surface area contributed by atoms with Crippen LogP contribution in [0.25, 0.3) is 66.1 Å². The molecule has 0 aliphatic carbocycles. The zero-order valence-corrected chi connectivity index (χ0v) is 21.0. The third kappa shape index (κ3) is 3.70. The van der Waals surface area contributed by atoms with E-state index in [1.54, 1.807) is 0 Å². The van der Waals surface area contributed by atoms with Gasteiger partial charge in [0.05, 0.1) is 0 Å². The molecule has 0 amide bonds. The van der Waals surface area contributed by atoms with Gasteiger partial charge in [0.15, 0.2) is 0 Å². The highest BCUT2D eigenvalue weighted by molar-refractivity contribution is 6.22. The van der Waals surface area contributed by atoms with E-state index in [0.29, 0.717) is 0 Å². The van der Waals surface area contributed by atoms with Gasteiger partial charge in [-0.05, 0) is 66.1 Å². The Hall–Kier alpha value is -4.94. The van der Waals surface area contributed by atoms with Gasteiger partial charge in [-0.3, -0.25) is 0 Å². The maximum atomic E-state index is 2.30. The predicted molar refractivity (Wildman–Crippen MR) is 163 cm³/mol. The molecule has 0 heteroatoms. The maximum absolute atomic E-state index is 2.30. The number of benzene rings is 7. The summed E-state index contributed by atoms with van der Waals surface area (Å²) in [6.07, 6.45) is 0. The Bertz CT molecular complexity index is 1830. The van der Waals surface area contributed by atoms with Crippen LogP contribution in [0.5, 0.6) is 0 Å². The van der Waals surface area contributed by atoms with Crippen LogP contribution in [0.4, 0.5) is 0 Å². The minimum absolute atomic E-state index is 1.22. The van der Waals surface area contributed by atoms with Crippen molar-refractivity contribution in [1.82, 2.24) is 0 Å². The minimum Gasteiger partial charge on any atom is -0.0622 e. The minimum atomic E-state index is 1.22. The lowest BCUT2D eigenvalue weighted by molar-refractivity contribution is 1.57. The molecule has 0 aliphatic rings. The van der Waals surface area contributed by atoms with E-state index in [1.165, 1.54) is 66.1 Å². The monoisotopic (exact) mass is 482 g/mol. The normalized spacial score (nSPS) is 11.2. The molecule has 0 saturated heterocycles. The fraction of sp³-hybridized carbons (Fsp3) is 0. The van der Waals surface area contributed by atoms with Crippen molar-refractivity contribution in [2.75, 3.05) is 0 Å². The fourth-order valence-electron chi connectivity index (χ4n) is 5.87. The van der Waals surface area contributed by atoms with Gasteiger partial charge >= 0.3 is 0 Å². The molecule has 0 saturated carbocycles. The summed E-state index contributed by atoms with van der Waals surface area (Å²) in [5.41, 5.74) is 10.0. The van der Waals surface area contributed by atoms with Crippen molar-refractivity contribution in [2.45, 2.75) is 0 Å². The van der Waals surface area contributed by atoms with Crippen LogP contribution in [0.2, 0.25) is 0 Å². The lowest BCUT2D eigenvalue weighted by atomic mass is 9.82. The van der Waals surface area contributed by atoms with E-state index in [9.17, 15) is 0 Å². The van der Waals surface area contributed by atoms with Gasteiger partial charge in [-0.25, -0.2) is 0 Å². The van der Waals surface area contributed by atoms with Gasteiger partial charge in [0.2, 0.25) is 0 Å². The SMILES string of the molecule is c1ccc(-c2cccc(-c3c4ccccc4c(-c4ccccc4)c4ccccc34)c2-c2ccccc2)cc1. The van der Waals surface area contributed by atoms with Crippen molar-refractivity contribution < 1.29 is 0 Å². The Morgan fingerprint density at radius 1 is 0.211 bits per heavy atom. The average Bonchev–Trinajstić information content (AvgIpc) is 3.01. The van der Waals surface area contributed by atoms with Gasteiger partial charge in [-0.1, -0.05) is 158 Å². The van der Waals surface area contributed by atoms with Crippen molar-refractivity contribution in [1.29, 1.82) is 0 Å². The summed E-state index contributed by atoms with van der Waals surface area (Å²) < 4.78 is 0. The van der Waals surface area contributed by atoms with Crippen LogP contribution in [0.3, 0.4) is 0 Å². The molecule has 7 aromatic carbocycles. The number of rotatable bonds is 4. The van der Waals surface area contributed by atoms with Crippen molar-refractivity contribution in [2.24, 2.45) is 0 Å². The number of fused-ring (bicyclic) bond motifs is 2. The van der Waals surface area contributed by atoms with E-state index >= 15 is 0 Å². The second kappa shape index (κ2) is 9.50. The highest BCUT2D eigenvalue weighted by atomic mass is 14.2. The Morgan fingerprint density at radius 3 is 1.08 bits per heavy atom. The van der Waals surface area contributed by atoms with E-state index in [-0.39, 0.29) is 0 Å². The summed E-state index contributed by atoms with van der Waals surface area (Å²) in [5.74, 6) is 0. The maximum Gasteiger partial charge on any atom is -0.00199 e. The summed E-state index contributed by atoms with van der Waals surface area (Å²) in [6.45, 7) is 0. The summed E-state index contributed by atoms with van der Waals surface area (Å²) in [6, 6.07) is 56.9. The van der Waals surface area contributed by atoms with Crippen molar-refractivity contribution in [3.05, 3.63) is 158 Å². The van der Waals surface area contributed by atoms with Crippen LogP contribution in [-0.2, 0) is 0 Å². The molecule has 0 aliphatic heterocycles. The van der Waals surface area contributed by atoms with E-state index in [4.69, 9.17) is 0 Å². The zero-order valence-electron chi connectivity index (χ0n) is 21.0. The average molecular weight is 483 g/mol. The highest BCUT2D eigenvalue weighted by Crippen LogP contribution is 2.48. The van der Waals surface area contributed by atoms with E-state index in [1.807, 2.05) is 0 Å². The molecule has 0 spiro atoms. The lowest BCUT2D eigenvalue weighted by Crippen LogP contribution is -1.94. The molecule has 0 radical (unpaired) electrons. The predicted octanol–water partition coefficient (Wildman–Crippen LogP) is 10.7. The van der Waals surface area contributed by atoms with Gasteiger partial charge in [-0.15, -0.1) is 0 Å². The van der Waals surface area contributed by atoms with Crippen molar-refractivity contribution in [3.63, 3.8) is 0 Å². The number of hydrogen-bond donors (Lipinski definition) is 0. The van der Waals surface area contributed by atoms with E-state index in [2.05, 4.69) is 158 Å². The second-order valence-corrected chi connectivity index (χ2v) is 9.67. The van der Waals surface area contributed by atoms with Gasteiger partial charge in [-0.2, -0.15) is 0 Å². The third-order valence-corrected chi connectivity index (χ3v) is 7.47. The smallest absolute Gasteiger partial charge is 0.00199 e. The van der Waals surface area contributed by atoms with Crippen LogP contribution in [0.1, 0.15) is 0 Å². The first kappa shape index (κ1) is 22.3. The fourth-order valence-corrected chi connectivity index (χ4v) is 5.87. The Morgan fingerprint density at radius 2 is 0.579 bits per heavy atom. The first-order valence-electron chi connectivity index (χ1n) is 13.1. The highest BCUT2D eigenvalue weighted by Gasteiger charge is 2.20. The lowest BCUT2D eigenvalue weighted by Gasteiger charge is -2.21. The summed E-state index contributed by atoms with van der Waals surface area (Å²) in [4.78, 5) is 0. The molecule has 7 rings (SSSR count). The van der Waals surface area contributed by atoms with Crippen molar-refractivity contribution in [3.8, 4) is 44.5 Å². The summed E-state index contributed by atoms with van der Waals surface area (Å²) in [7, 11) is 0. The Labute approximate surface area is 223 Å². The van der Waals surface area contributed by atoms with E-state index < -0.39 is 0 Å². The molecule has 38 heavy (non-hydrogen) atoms. The standard InChI is InChI=1S/C38H26/c1-4-15-27(16-5-1)30-25-14-26-35(36(30)28-17-6-2-7-18-28)38-33-23-12-10-21-31(33)37(29-19-8-3-9-20-29)32-22-11-13-24-34(32)38/h1-26H. The van der Waals surface area contributed by atoms with Gasteiger partial charge < -0.3 is 0 Å². The van der Waals surface area contributed by atoms with Gasteiger partial charge in [0, 0.05) is 0 Å². The van der Waals surface area contributed by atoms with Crippen LogP contribution in [0, 0.1) is 0 Å². The van der Waals surface area contributed by atoms with Gasteiger partial charge in [0.1, 0.15) is 0 Å². The molecule has 0 fully saturated rings. The quantitative estimate of drug-likeness (QED) is 0.219. The Balaban J connectivity index is 1.66. The zero-order chi connectivity index (χ0) is 25.3. The number of hydrogen-bond acceptors (Lipinski definition) is 0. The van der Waals surface area contributed by atoms with E-state index in [0.717, 1.165) is 0 Å². The summed E-state index contributed by atoms with van der Waals surface area (Å²) >= 11 is 0. The van der Waals surface area contributed by atoms with Crippen LogP contribution < -0.4 is 0 Å². The largest absolute Gasteiger partial charge is 0.0622 e. The Kier molecular flexibility index (Phi) is 5.57. The third-order valence-electron chi connectivity index (χ3n) is 7.47. The molecule has 0 unspecified atom stereocenters. The molecule has 0 bridgehead atoms. The van der Waals surface area contributed by atoms with Crippen LogP contribution >= 0.6 is 0 Å². The molecule has 178 valence electrons. The second-order valence-electron chi connectivity index (χ2n) is 9.67. The topological polar surface area (TPSA) is 0 Å². The first-order valence-corrected chi connectivity index (χ1v) is 13.1. The molecular weight excluding hydrogens is 456 g/mol. The van der Waals surface area contributed by atoms with Crippen LogP contribution in [0.15, 0.2) is 158 Å². The molecule has 0 heterocycles. The summed E-state index contributed by atoms with van der Waals surface area (Å²) in [5, 5.41) is 5.09. The first-order chi connectivity index (χ1) is 18.9. The molecule has 0 N–H and O–H groups in total.